The van der Waals surface area contributed by atoms with Gasteiger partial charge in [-0.3, -0.25) is 4.72 Å². The molecule has 19 heavy (non-hydrogen) atoms. The van der Waals surface area contributed by atoms with Crippen molar-refractivity contribution in [1.82, 2.24) is 4.98 Å². The average molecular weight is 299 g/mol. The van der Waals surface area contributed by atoms with Crippen LogP contribution in [0.5, 0.6) is 5.75 Å². The molecule has 0 spiro atoms. The third kappa shape index (κ3) is 3.15. The highest BCUT2D eigenvalue weighted by atomic mass is 35.5. The van der Waals surface area contributed by atoms with Gasteiger partial charge < -0.3 is 4.74 Å². The molecule has 0 aliphatic heterocycles. The van der Waals surface area contributed by atoms with Crippen molar-refractivity contribution in [2.24, 2.45) is 0 Å². The minimum atomic E-state index is -3.73. The van der Waals surface area contributed by atoms with Crippen LogP contribution in [0.3, 0.4) is 0 Å². The van der Waals surface area contributed by atoms with Crippen molar-refractivity contribution >= 4 is 27.3 Å². The first kappa shape index (κ1) is 13.6. The maximum atomic E-state index is 12.2. The predicted octanol–water partition coefficient (Wildman–Crippen LogP) is 2.54. The Labute approximate surface area is 116 Å². The molecule has 1 aromatic carbocycles. The summed E-state index contributed by atoms with van der Waals surface area (Å²) in [6.45, 7) is 0. The molecule has 0 saturated heterocycles. The Morgan fingerprint density at radius 2 is 1.95 bits per heavy atom. The van der Waals surface area contributed by atoms with Gasteiger partial charge in [0.15, 0.2) is 0 Å². The number of rotatable bonds is 4. The van der Waals surface area contributed by atoms with Crippen LogP contribution in [0.4, 0.5) is 5.69 Å². The van der Waals surface area contributed by atoms with E-state index < -0.39 is 10.0 Å². The highest BCUT2D eigenvalue weighted by molar-refractivity contribution is 7.92. The van der Waals surface area contributed by atoms with Crippen LogP contribution in [-0.2, 0) is 10.0 Å². The van der Waals surface area contributed by atoms with Crippen LogP contribution in [0.25, 0.3) is 0 Å². The highest BCUT2D eigenvalue weighted by Gasteiger charge is 2.18. The monoisotopic (exact) mass is 298 g/mol. The SMILES string of the molecule is COc1ccccc1S(=O)(=O)Nc1ccc(Cl)nc1. The van der Waals surface area contributed by atoms with Gasteiger partial charge in [-0.2, -0.15) is 0 Å². The molecule has 100 valence electrons. The van der Waals surface area contributed by atoms with E-state index in [-0.39, 0.29) is 10.6 Å². The lowest BCUT2D eigenvalue weighted by atomic mass is 10.3. The summed E-state index contributed by atoms with van der Waals surface area (Å²) >= 11 is 5.64. The third-order valence-corrected chi connectivity index (χ3v) is 3.98. The number of nitrogens with one attached hydrogen (secondary N) is 1. The molecule has 2 aromatic rings. The molecule has 2 rings (SSSR count). The first-order valence-corrected chi connectivity index (χ1v) is 7.16. The zero-order valence-corrected chi connectivity index (χ0v) is 11.6. The van der Waals surface area contributed by atoms with E-state index in [4.69, 9.17) is 16.3 Å². The summed E-state index contributed by atoms with van der Waals surface area (Å²) < 4.78 is 31.9. The van der Waals surface area contributed by atoms with Gasteiger partial charge in [0.1, 0.15) is 15.8 Å². The van der Waals surface area contributed by atoms with Crippen LogP contribution < -0.4 is 9.46 Å². The van der Waals surface area contributed by atoms with Gasteiger partial charge in [0.05, 0.1) is 19.0 Å². The normalized spacial score (nSPS) is 11.1. The van der Waals surface area contributed by atoms with E-state index in [1.807, 2.05) is 0 Å². The number of para-hydroxylation sites is 1. The number of anilines is 1. The van der Waals surface area contributed by atoms with Crippen molar-refractivity contribution < 1.29 is 13.2 Å². The Kier molecular flexibility index (Phi) is 3.92. The molecule has 0 radical (unpaired) electrons. The molecular weight excluding hydrogens is 288 g/mol. The van der Waals surface area contributed by atoms with Crippen molar-refractivity contribution in [2.75, 3.05) is 11.8 Å². The third-order valence-electron chi connectivity index (χ3n) is 2.34. The van der Waals surface area contributed by atoms with E-state index in [2.05, 4.69) is 9.71 Å². The number of hydrogen-bond donors (Lipinski definition) is 1. The maximum Gasteiger partial charge on any atom is 0.265 e. The molecule has 1 aromatic heterocycles. The lowest BCUT2D eigenvalue weighted by molar-refractivity contribution is 0.403. The number of benzene rings is 1. The topological polar surface area (TPSA) is 68.3 Å². The Bertz CT molecular complexity index is 672. The number of hydrogen-bond acceptors (Lipinski definition) is 4. The van der Waals surface area contributed by atoms with Crippen LogP contribution in [0, 0.1) is 0 Å². The molecule has 0 amide bonds. The summed E-state index contributed by atoms with van der Waals surface area (Å²) in [7, 11) is -2.31. The average Bonchev–Trinajstić information content (AvgIpc) is 2.41. The van der Waals surface area contributed by atoms with E-state index >= 15 is 0 Å². The standard InChI is InChI=1S/C12H11ClN2O3S/c1-18-10-4-2-3-5-11(10)19(16,17)15-9-6-7-12(13)14-8-9/h2-8,15H,1H3. The van der Waals surface area contributed by atoms with Crippen molar-refractivity contribution in [2.45, 2.75) is 4.90 Å². The van der Waals surface area contributed by atoms with Crippen molar-refractivity contribution in [3.63, 3.8) is 0 Å². The number of nitrogens with zero attached hydrogens (tertiary/aromatic N) is 1. The summed E-state index contributed by atoms with van der Waals surface area (Å²) in [5.41, 5.74) is 0.329. The second-order valence-corrected chi connectivity index (χ2v) is 5.66. The van der Waals surface area contributed by atoms with Gasteiger partial charge in [-0.25, -0.2) is 13.4 Å². The number of methoxy groups -OCH3 is 1. The van der Waals surface area contributed by atoms with E-state index in [9.17, 15) is 8.42 Å². The number of sulfonamides is 1. The van der Waals surface area contributed by atoms with E-state index in [0.717, 1.165) is 0 Å². The summed E-state index contributed by atoms with van der Waals surface area (Å²) in [5, 5.41) is 0.292. The van der Waals surface area contributed by atoms with E-state index in [0.29, 0.717) is 10.8 Å². The number of ether oxygens (including phenoxy) is 1. The molecule has 0 aliphatic rings. The fraction of sp³-hybridized carbons (Fsp3) is 0.0833. The van der Waals surface area contributed by atoms with Crippen LogP contribution in [0.1, 0.15) is 0 Å². The van der Waals surface area contributed by atoms with Gasteiger partial charge in [-0.15, -0.1) is 0 Å². The van der Waals surface area contributed by atoms with Crippen molar-refractivity contribution in [3.8, 4) is 5.75 Å². The Morgan fingerprint density at radius 3 is 2.58 bits per heavy atom. The largest absolute Gasteiger partial charge is 0.495 e. The molecule has 1 heterocycles. The fourth-order valence-corrected chi connectivity index (χ4v) is 2.81. The highest BCUT2D eigenvalue weighted by Crippen LogP contribution is 2.25. The first-order valence-electron chi connectivity index (χ1n) is 5.30. The minimum Gasteiger partial charge on any atom is -0.495 e. The minimum absolute atomic E-state index is 0.0625. The van der Waals surface area contributed by atoms with Gasteiger partial charge in [0, 0.05) is 0 Å². The Hall–Kier alpha value is -1.79. The van der Waals surface area contributed by atoms with Gasteiger partial charge in [0.25, 0.3) is 10.0 Å². The molecule has 0 atom stereocenters. The fourth-order valence-electron chi connectivity index (χ4n) is 1.49. The van der Waals surface area contributed by atoms with Crippen molar-refractivity contribution in [1.29, 1.82) is 0 Å². The Morgan fingerprint density at radius 1 is 1.21 bits per heavy atom. The molecule has 0 saturated carbocycles. The molecule has 1 N–H and O–H groups in total. The quantitative estimate of drug-likeness (QED) is 0.881. The van der Waals surface area contributed by atoms with E-state index in [1.54, 1.807) is 18.2 Å². The molecule has 0 bridgehead atoms. The van der Waals surface area contributed by atoms with Gasteiger partial charge in [-0.05, 0) is 24.3 Å². The van der Waals surface area contributed by atoms with Crippen LogP contribution in [-0.4, -0.2) is 20.5 Å². The molecule has 5 nitrogen and oxygen atoms in total. The number of halogens is 1. The maximum absolute atomic E-state index is 12.2. The predicted molar refractivity (Wildman–Crippen MR) is 73.0 cm³/mol. The zero-order chi connectivity index (χ0) is 13.9. The second-order valence-electron chi connectivity index (χ2n) is 3.63. The number of pyridine rings is 1. The second kappa shape index (κ2) is 5.46. The number of aromatic nitrogens is 1. The van der Waals surface area contributed by atoms with Crippen LogP contribution in [0.2, 0.25) is 5.15 Å². The molecule has 0 aliphatic carbocycles. The molecule has 7 heteroatoms. The van der Waals surface area contributed by atoms with Crippen LogP contribution in [0.15, 0.2) is 47.5 Å². The van der Waals surface area contributed by atoms with Crippen molar-refractivity contribution in [3.05, 3.63) is 47.7 Å². The lowest BCUT2D eigenvalue weighted by Crippen LogP contribution is -2.14. The molecular formula is C12H11ClN2O3S. The summed E-state index contributed by atoms with van der Waals surface area (Å²) in [5.74, 6) is 0.275. The van der Waals surface area contributed by atoms with Gasteiger partial charge >= 0.3 is 0 Å². The molecule has 0 fully saturated rings. The summed E-state index contributed by atoms with van der Waals surface area (Å²) in [6.07, 6.45) is 1.34. The summed E-state index contributed by atoms with van der Waals surface area (Å²) in [4.78, 5) is 3.87. The van der Waals surface area contributed by atoms with Gasteiger partial charge in [-0.1, -0.05) is 23.7 Å². The van der Waals surface area contributed by atoms with E-state index in [1.165, 1.54) is 31.5 Å². The zero-order valence-electron chi connectivity index (χ0n) is 10.00. The Balaban J connectivity index is 2.35. The smallest absolute Gasteiger partial charge is 0.265 e. The molecule has 0 unspecified atom stereocenters. The lowest BCUT2D eigenvalue weighted by Gasteiger charge is -2.10. The first-order chi connectivity index (χ1) is 9.03. The van der Waals surface area contributed by atoms with Crippen LogP contribution >= 0.6 is 11.6 Å². The van der Waals surface area contributed by atoms with Gasteiger partial charge in [0.2, 0.25) is 0 Å². The summed E-state index contributed by atoms with van der Waals surface area (Å²) in [6, 6.07) is 9.39.